The van der Waals surface area contributed by atoms with Gasteiger partial charge in [0.05, 0.1) is 12.1 Å². The monoisotopic (exact) mass is 400 g/mol. The van der Waals surface area contributed by atoms with E-state index in [0.717, 1.165) is 27.9 Å². The molecule has 3 aromatic rings. The van der Waals surface area contributed by atoms with Gasteiger partial charge in [-0.1, -0.05) is 25.1 Å². The van der Waals surface area contributed by atoms with Crippen molar-refractivity contribution in [2.75, 3.05) is 0 Å². The molecule has 0 aliphatic heterocycles. The van der Waals surface area contributed by atoms with Crippen LogP contribution in [0.1, 0.15) is 30.0 Å². The number of nitrogens with two attached hydrogens (primary N) is 1. The van der Waals surface area contributed by atoms with Crippen molar-refractivity contribution in [2.24, 2.45) is 5.73 Å². The van der Waals surface area contributed by atoms with E-state index in [-0.39, 0.29) is 36.8 Å². The van der Waals surface area contributed by atoms with E-state index >= 15 is 0 Å². The van der Waals surface area contributed by atoms with Crippen LogP contribution in [0.15, 0.2) is 42.0 Å². The summed E-state index contributed by atoms with van der Waals surface area (Å²) < 4.78 is 0. The molecule has 0 saturated heterocycles. The van der Waals surface area contributed by atoms with Crippen LogP contribution in [0.25, 0.3) is 10.9 Å². The van der Waals surface area contributed by atoms with Crippen molar-refractivity contribution in [2.45, 2.75) is 31.8 Å². The Morgan fingerprint density at radius 1 is 1.36 bits per heavy atom. The van der Waals surface area contributed by atoms with E-state index in [1.54, 1.807) is 17.5 Å². The van der Waals surface area contributed by atoms with Gasteiger partial charge in [0.1, 0.15) is 5.01 Å². The topological polar surface area (TPSA) is 83.8 Å². The quantitative estimate of drug-likeness (QED) is 0.590. The van der Waals surface area contributed by atoms with E-state index in [9.17, 15) is 4.79 Å². The van der Waals surface area contributed by atoms with Gasteiger partial charge in [-0.3, -0.25) is 4.79 Å². The standard InChI is InChI=1S/C17H20N4OS.2ClH/c1-2-14(17-19-7-8-23-17)21-16(22)13(18)9-11-10-20-15-6-4-3-5-12(11)15;;/h3-8,10,13-14,20H,2,9,18H2,1H3,(H,21,22);2*1H/t13-,14?;;/m0../s1. The predicted octanol–water partition coefficient (Wildman–Crippen LogP) is 3.61. The molecular weight excluding hydrogens is 379 g/mol. The lowest BCUT2D eigenvalue weighted by atomic mass is 10.0. The minimum atomic E-state index is -0.580. The summed E-state index contributed by atoms with van der Waals surface area (Å²) in [6.07, 6.45) is 4.97. The van der Waals surface area contributed by atoms with Crippen molar-refractivity contribution in [1.29, 1.82) is 0 Å². The summed E-state index contributed by atoms with van der Waals surface area (Å²) in [6, 6.07) is 7.37. The molecule has 1 aromatic carbocycles. The summed E-state index contributed by atoms with van der Waals surface area (Å²) in [5.41, 5.74) is 8.23. The lowest BCUT2D eigenvalue weighted by Crippen LogP contribution is -2.43. The molecule has 5 nitrogen and oxygen atoms in total. The molecule has 3 rings (SSSR count). The first-order valence-electron chi connectivity index (χ1n) is 7.69. The lowest BCUT2D eigenvalue weighted by Gasteiger charge is -2.18. The largest absolute Gasteiger partial charge is 0.361 e. The highest BCUT2D eigenvalue weighted by molar-refractivity contribution is 7.09. The normalized spacial score (nSPS) is 12.7. The van der Waals surface area contributed by atoms with Gasteiger partial charge in [0.2, 0.25) is 5.91 Å². The number of para-hydroxylation sites is 1. The molecule has 0 spiro atoms. The van der Waals surface area contributed by atoms with E-state index < -0.39 is 6.04 Å². The number of rotatable bonds is 6. The summed E-state index contributed by atoms with van der Waals surface area (Å²) in [7, 11) is 0. The number of H-pyrrole nitrogens is 1. The Balaban J connectivity index is 0.00000156. The van der Waals surface area contributed by atoms with Crippen LogP contribution >= 0.6 is 36.2 Å². The second-order valence-corrected chi connectivity index (χ2v) is 6.44. The number of aromatic amines is 1. The van der Waals surface area contributed by atoms with Crippen LogP contribution in [-0.4, -0.2) is 21.9 Å². The first-order valence-corrected chi connectivity index (χ1v) is 8.57. The smallest absolute Gasteiger partial charge is 0.237 e. The summed E-state index contributed by atoms with van der Waals surface area (Å²) in [5.74, 6) is -0.141. The summed E-state index contributed by atoms with van der Waals surface area (Å²) in [5, 5.41) is 6.95. The third kappa shape index (κ3) is 4.95. The number of halogens is 2. The third-order valence-corrected chi connectivity index (χ3v) is 4.81. The second-order valence-electron chi connectivity index (χ2n) is 5.51. The van der Waals surface area contributed by atoms with Gasteiger partial charge >= 0.3 is 0 Å². The van der Waals surface area contributed by atoms with Gasteiger partial charge in [-0.25, -0.2) is 4.98 Å². The van der Waals surface area contributed by atoms with E-state index in [2.05, 4.69) is 15.3 Å². The first kappa shape index (κ1) is 21.4. The van der Waals surface area contributed by atoms with Gasteiger partial charge in [-0.15, -0.1) is 36.2 Å². The first-order chi connectivity index (χ1) is 11.2. The molecule has 0 bridgehead atoms. The van der Waals surface area contributed by atoms with Crippen molar-refractivity contribution < 1.29 is 4.79 Å². The van der Waals surface area contributed by atoms with Crippen LogP contribution in [0.4, 0.5) is 0 Å². The van der Waals surface area contributed by atoms with Gasteiger partial charge in [0.15, 0.2) is 0 Å². The summed E-state index contributed by atoms with van der Waals surface area (Å²) in [6.45, 7) is 2.03. The van der Waals surface area contributed by atoms with Crippen LogP contribution in [0.3, 0.4) is 0 Å². The highest BCUT2D eigenvalue weighted by Gasteiger charge is 2.21. The molecule has 1 unspecified atom stereocenters. The van der Waals surface area contributed by atoms with E-state index in [1.807, 2.05) is 42.8 Å². The fourth-order valence-corrected chi connectivity index (χ4v) is 3.43. The molecule has 0 aliphatic rings. The van der Waals surface area contributed by atoms with Crippen LogP contribution in [-0.2, 0) is 11.2 Å². The molecule has 2 aromatic heterocycles. The number of hydrogen-bond acceptors (Lipinski definition) is 4. The molecule has 25 heavy (non-hydrogen) atoms. The van der Waals surface area contributed by atoms with Crippen LogP contribution in [0.5, 0.6) is 0 Å². The maximum atomic E-state index is 12.4. The molecule has 0 radical (unpaired) electrons. The maximum Gasteiger partial charge on any atom is 0.237 e. The van der Waals surface area contributed by atoms with E-state index in [4.69, 9.17) is 5.73 Å². The zero-order chi connectivity index (χ0) is 16.2. The zero-order valence-corrected chi connectivity index (χ0v) is 16.2. The Hall–Kier alpha value is -1.60. The van der Waals surface area contributed by atoms with Gasteiger partial charge in [-0.05, 0) is 24.5 Å². The van der Waals surface area contributed by atoms with Crippen molar-refractivity contribution in [1.82, 2.24) is 15.3 Å². The van der Waals surface area contributed by atoms with Gasteiger partial charge in [-0.2, -0.15) is 0 Å². The molecule has 136 valence electrons. The number of carbonyl (C=O) groups is 1. The molecule has 0 saturated carbocycles. The maximum absolute atomic E-state index is 12.4. The number of fused-ring (bicyclic) bond motifs is 1. The van der Waals surface area contributed by atoms with Crippen LogP contribution in [0.2, 0.25) is 0 Å². The average molecular weight is 401 g/mol. The molecular formula is C17H22Cl2N4OS. The Labute approximate surface area is 163 Å². The number of aromatic nitrogens is 2. The highest BCUT2D eigenvalue weighted by atomic mass is 35.5. The Morgan fingerprint density at radius 2 is 2.12 bits per heavy atom. The van der Waals surface area contributed by atoms with Crippen molar-refractivity contribution in [3.63, 3.8) is 0 Å². The second kappa shape index (κ2) is 9.77. The number of benzene rings is 1. The van der Waals surface area contributed by atoms with Crippen molar-refractivity contribution in [3.05, 3.63) is 52.6 Å². The minimum Gasteiger partial charge on any atom is -0.361 e. The fraction of sp³-hybridized carbons (Fsp3) is 0.294. The number of carbonyl (C=O) groups excluding carboxylic acids is 1. The number of hydrogen-bond donors (Lipinski definition) is 3. The van der Waals surface area contributed by atoms with Gasteiger partial charge in [0, 0.05) is 28.7 Å². The molecule has 1 amide bonds. The average Bonchev–Trinajstić information content (AvgIpc) is 3.23. The lowest BCUT2D eigenvalue weighted by molar-refractivity contribution is -0.123. The van der Waals surface area contributed by atoms with Gasteiger partial charge in [0.25, 0.3) is 0 Å². The molecule has 0 fully saturated rings. The SMILES string of the molecule is CCC(NC(=O)[C@@H](N)Cc1c[nH]c2ccccc12)c1nccs1.Cl.Cl. The third-order valence-electron chi connectivity index (χ3n) is 3.93. The number of nitrogens with one attached hydrogen (secondary N) is 2. The molecule has 2 atom stereocenters. The minimum absolute atomic E-state index is 0. The zero-order valence-electron chi connectivity index (χ0n) is 13.8. The van der Waals surface area contributed by atoms with Crippen LogP contribution in [0, 0.1) is 0 Å². The van der Waals surface area contributed by atoms with Crippen LogP contribution < -0.4 is 11.1 Å². The molecule has 4 N–H and O–H groups in total. The highest BCUT2D eigenvalue weighted by Crippen LogP contribution is 2.20. The predicted molar refractivity (Wildman–Crippen MR) is 108 cm³/mol. The molecule has 0 aliphatic carbocycles. The Kier molecular flexibility index (Phi) is 8.38. The van der Waals surface area contributed by atoms with Crippen molar-refractivity contribution in [3.8, 4) is 0 Å². The Bertz CT molecular complexity index is 791. The summed E-state index contributed by atoms with van der Waals surface area (Å²) in [4.78, 5) is 19.9. The number of thiazole rings is 1. The molecule has 8 heteroatoms. The number of nitrogens with zero attached hydrogens (tertiary/aromatic N) is 1. The molecule has 2 heterocycles. The van der Waals surface area contributed by atoms with E-state index in [1.165, 1.54) is 0 Å². The fourth-order valence-electron chi connectivity index (χ4n) is 2.65. The van der Waals surface area contributed by atoms with Gasteiger partial charge < -0.3 is 16.0 Å². The number of amides is 1. The Morgan fingerprint density at radius 3 is 2.80 bits per heavy atom. The van der Waals surface area contributed by atoms with E-state index in [0.29, 0.717) is 6.42 Å². The van der Waals surface area contributed by atoms with Crippen molar-refractivity contribution >= 4 is 53.0 Å². The summed E-state index contributed by atoms with van der Waals surface area (Å²) >= 11 is 1.54.